The Kier molecular flexibility index (Phi) is 4.68. The first-order chi connectivity index (χ1) is 11.1. The third-order valence-corrected chi connectivity index (χ3v) is 6.34. The quantitative estimate of drug-likeness (QED) is 0.825. The maximum absolute atomic E-state index is 12.2. The van der Waals surface area contributed by atoms with Crippen LogP contribution in [-0.2, 0) is 20.6 Å². The molecule has 1 saturated carbocycles. The summed E-state index contributed by atoms with van der Waals surface area (Å²) in [5.74, 6) is -0.475. The first kappa shape index (κ1) is 16.0. The summed E-state index contributed by atoms with van der Waals surface area (Å²) < 4.78 is 11.3. The first-order valence-corrected chi connectivity index (χ1v) is 9.07. The molecule has 3 rings (SSSR count). The lowest BCUT2D eigenvalue weighted by molar-refractivity contribution is 0.102. The Balaban J connectivity index is 1.78. The number of aromatic nitrogens is 1. The number of para-hydroxylation sites is 1. The number of carbonyl (C=O) groups excluding carboxylic acids is 1. The van der Waals surface area contributed by atoms with Crippen molar-refractivity contribution in [1.29, 1.82) is 0 Å². The zero-order chi connectivity index (χ0) is 16.3. The molecule has 1 aromatic heterocycles. The standard InChI is InChI=1S/C16H16N2O3S2/c19-12-7-3-2-6-11(12)14(20)18-15-17-10-13(22-15)16(23-21)8-4-1-5-9-16/h2-3,6-7,10H,1,4-5,8-9H2,(H-,17,18,19,20)/p+1. The fourth-order valence-electron chi connectivity index (χ4n) is 2.87. The van der Waals surface area contributed by atoms with Gasteiger partial charge >= 0.3 is 11.7 Å². The van der Waals surface area contributed by atoms with Crippen LogP contribution in [0.4, 0.5) is 5.13 Å². The molecule has 1 heterocycles. The van der Waals surface area contributed by atoms with Crippen molar-refractivity contribution in [3.05, 3.63) is 40.9 Å². The van der Waals surface area contributed by atoms with Crippen molar-refractivity contribution in [3.63, 3.8) is 0 Å². The molecule has 2 aromatic rings. The maximum Gasteiger partial charge on any atom is 0.471 e. The summed E-state index contributed by atoms with van der Waals surface area (Å²) in [4.78, 5) is 17.4. The lowest BCUT2D eigenvalue weighted by Crippen LogP contribution is -2.26. The molecule has 5 nitrogen and oxygen atoms in total. The van der Waals surface area contributed by atoms with E-state index in [1.807, 2.05) is 0 Å². The van der Waals surface area contributed by atoms with Crippen molar-refractivity contribution in [2.24, 2.45) is 0 Å². The minimum atomic E-state index is -0.409. The summed E-state index contributed by atoms with van der Waals surface area (Å²) in [7, 11) is 0. The second-order valence-electron chi connectivity index (χ2n) is 5.64. The molecule has 0 bridgehead atoms. The van der Waals surface area contributed by atoms with Crippen molar-refractivity contribution in [2.45, 2.75) is 36.9 Å². The number of rotatable bonds is 4. The Morgan fingerprint density at radius 1 is 1.26 bits per heavy atom. The number of amides is 1. The van der Waals surface area contributed by atoms with E-state index in [1.165, 1.54) is 17.4 Å². The van der Waals surface area contributed by atoms with Gasteiger partial charge in [-0.2, -0.15) is 0 Å². The lowest BCUT2D eigenvalue weighted by atomic mass is 9.87. The molecule has 0 atom stereocenters. The Labute approximate surface area is 142 Å². The highest BCUT2D eigenvalue weighted by Gasteiger charge is 2.49. The average molecular weight is 349 g/mol. The van der Waals surface area contributed by atoms with Gasteiger partial charge in [0, 0.05) is 23.2 Å². The number of phenols is 1. The number of hydrogen-bond donors (Lipinski definition) is 2. The highest BCUT2D eigenvalue weighted by molar-refractivity contribution is 7.67. The minimum Gasteiger partial charge on any atom is -0.507 e. The SMILES string of the molecule is O=[S+]C1(c2cnc(NC(=O)c3ccccc3O)s2)CCCCC1. The summed E-state index contributed by atoms with van der Waals surface area (Å²) >= 11 is 1.99. The molecule has 7 heteroatoms. The van der Waals surface area contributed by atoms with Gasteiger partial charge in [0.05, 0.1) is 10.4 Å². The Morgan fingerprint density at radius 3 is 2.70 bits per heavy atom. The van der Waals surface area contributed by atoms with Crippen molar-refractivity contribution in [3.8, 4) is 5.75 Å². The van der Waals surface area contributed by atoms with E-state index in [9.17, 15) is 14.1 Å². The van der Waals surface area contributed by atoms with Crippen LogP contribution >= 0.6 is 11.3 Å². The lowest BCUT2D eigenvalue weighted by Gasteiger charge is -2.19. The molecule has 0 saturated heterocycles. The molecule has 0 radical (unpaired) electrons. The zero-order valence-corrected chi connectivity index (χ0v) is 14.1. The van der Waals surface area contributed by atoms with Crippen LogP contribution in [-0.4, -0.2) is 16.0 Å². The van der Waals surface area contributed by atoms with Gasteiger partial charge in [-0.25, -0.2) is 4.98 Å². The molecule has 1 amide bonds. The summed E-state index contributed by atoms with van der Waals surface area (Å²) in [6.07, 6.45) is 6.67. The van der Waals surface area contributed by atoms with E-state index in [-0.39, 0.29) is 11.3 Å². The number of phenolic OH excluding ortho intramolecular Hbond substituents is 1. The highest BCUT2D eigenvalue weighted by Crippen LogP contribution is 2.42. The second-order valence-corrected chi connectivity index (χ2v) is 7.62. The summed E-state index contributed by atoms with van der Waals surface area (Å²) in [6, 6.07) is 6.36. The fraction of sp³-hybridized carbons (Fsp3) is 0.375. The molecular formula is C16H17N2O3S2+. The Hall–Kier alpha value is -1.86. The second kappa shape index (κ2) is 6.72. The molecule has 1 aliphatic rings. The van der Waals surface area contributed by atoms with E-state index < -0.39 is 10.7 Å². The number of benzene rings is 1. The summed E-state index contributed by atoms with van der Waals surface area (Å²) in [5.41, 5.74) is 0.204. The molecule has 0 unspecified atom stereocenters. The van der Waals surface area contributed by atoms with Gasteiger partial charge in [-0.15, -0.1) is 0 Å². The molecule has 1 fully saturated rings. The number of nitrogens with one attached hydrogen (secondary N) is 1. The smallest absolute Gasteiger partial charge is 0.471 e. The number of nitrogens with zero attached hydrogens (tertiary/aromatic N) is 1. The largest absolute Gasteiger partial charge is 0.507 e. The van der Waals surface area contributed by atoms with Gasteiger partial charge in [-0.1, -0.05) is 29.9 Å². The maximum atomic E-state index is 12.2. The van der Waals surface area contributed by atoms with Crippen molar-refractivity contribution in [2.75, 3.05) is 5.32 Å². The Morgan fingerprint density at radius 2 is 2.00 bits per heavy atom. The average Bonchev–Trinajstić information content (AvgIpc) is 3.05. The molecular weight excluding hydrogens is 332 g/mol. The topological polar surface area (TPSA) is 79.3 Å². The third kappa shape index (κ3) is 3.25. The van der Waals surface area contributed by atoms with E-state index in [2.05, 4.69) is 10.3 Å². The molecule has 23 heavy (non-hydrogen) atoms. The molecule has 0 spiro atoms. The number of anilines is 1. The van der Waals surface area contributed by atoms with Crippen molar-refractivity contribution in [1.82, 2.24) is 4.98 Å². The fourth-order valence-corrected chi connectivity index (χ4v) is 4.64. The van der Waals surface area contributed by atoms with Crippen LogP contribution in [0, 0.1) is 0 Å². The van der Waals surface area contributed by atoms with Crippen LogP contribution in [0.25, 0.3) is 0 Å². The van der Waals surface area contributed by atoms with Crippen LogP contribution < -0.4 is 5.32 Å². The Bertz CT molecular complexity index is 724. The zero-order valence-electron chi connectivity index (χ0n) is 12.4. The molecule has 1 aromatic carbocycles. The predicted octanol–water partition coefficient (Wildman–Crippen LogP) is 3.69. The molecule has 2 N–H and O–H groups in total. The molecule has 120 valence electrons. The first-order valence-electron chi connectivity index (χ1n) is 7.51. The number of aromatic hydroxyl groups is 1. The van der Waals surface area contributed by atoms with Crippen LogP contribution in [0.5, 0.6) is 5.75 Å². The number of carbonyl (C=O) groups is 1. The normalized spacial score (nSPS) is 16.7. The van der Waals surface area contributed by atoms with Crippen LogP contribution in [0.15, 0.2) is 30.5 Å². The van der Waals surface area contributed by atoms with E-state index >= 15 is 0 Å². The monoisotopic (exact) mass is 349 g/mol. The van der Waals surface area contributed by atoms with Crippen LogP contribution in [0.3, 0.4) is 0 Å². The van der Waals surface area contributed by atoms with E-state index in [0.29, 0.717) is 16.8 Å². The van der Waals surface area contributed by atoms with Gasteiger partial charge in [0.15, 0.2) is 5.13 Å². The third-order valence-electron chi connectivity index (χ3n) is 4.14. The highest BCUT2D eigenvalue weighted by atomic mass is 32.1. The number of hydrogen-bond acceptors (Lipinski definition) is 5. The van der Waals surface area contributed by atoms with Crippen LogP contribution in [0.1, 0.15) is 47.3 Å². The van der Waals surface area contributed by atoms with Gasteiger partial charge in [0.2, 0.25) is 0 Å². The van der Waals surface area contributed by atoms with Crippen molar-refractivity contribution < 1.29 is 14.1 Å². The van der Waals surface area contributed by atoms with Gasteiger partial charge < -0.3 is 5.11 Å². The summed E-state index contributed by atoms with van der Waals surface area (Å²) in [6.45, 7) is 0. The van der Waals surface area contributed by atoms with E-state index in [4.69, 9.17) is 0 Å². The van der Waals surface area contributed by atoms with Gasteiger partial charge in [-0.05, 0) is 25.0 Å². The van der Waals surface area contributed by atoms with Gasteiger partial charge in [0.25, 0.3) is 10.7 Å². The molecule has 0 aliphatic heterocycles. The number of thiazole rings is 1. The van der Waals surface area contributed by atoms with Crippen LogP contribution in [0.2, 0.25) is 0 Å². The van der Waals surface area contributed by atoms with Crippen molar-refractivity contribution >= 4 is 34.0 Å². The molecule has 1 aliphatic carbocycles. The van der Waals surface area contributed by atoms with Gasteiger partial charge in [0.1, 0.15) is 5.75 Å². The van der Waals surface area contributed by atoms with Gasteiger partial charge in [-0.3, -0.25) is 10.1 Å². The predicted molar refractivity (Wildman–Crippen MR) is 91.0 cm³/mol. The van der Waals surface area contributed by atoms with E-state index in [0.717, 1.165) is 37.0 Å². The van der Waals surface area contributed by atoms with E-state index in [1.54, 1.807) is 24.4 Å². The summed E-state index contributed by atoms with van der Waals surface area (Å²) in [5, 5.41) is 12.9. The minimum absolute atomic E-state index is 0.0688.